The van der Waals surface area contributed by atoms with Crippen LogP contribution in [0, 0.1) is 0 Å². The Balaban J connectivity index is 1.27. The van der Waals surface area contributed by atoms with E-state index in [2.05, 4.69) is 43.5 Å². The summed E-state index contributed by atoms with van der Waals surface area (Å²) in [5.74, 6) is -0.265. The molecule has 0 aromatic heterocycles. The first-order chi connectivity index (χ1) is 58.3. The van der Waals surface area contributed by atoms with Crippen molar-refractivity contribution < 1.29 is 89.4 Å². The molecular weight excluding hydrogens is 1500 g/mol. The maximum Gasteiger partial charge on any atom is 0.220 e. The quantitative estimate of drug-likeness (QED) is 0.0199. The lowest BCUT2D eigenvalue weighted by molar-refractivity contribution is -0.379. The van der Waals surface area contributed by atoms with Crippen LogP contribution in [0.15, 0.2) is 36.5 Å². The molecule has 0 radical (unpaired) electrons. The molecule has 119 heavy (non-hydrogen) atoms. The van der Waals surface area contributed by atoms with Gasteiger partial charge in [-0.15, -0.1) is 0 Å². The number of ether oxygens (including phenoxy) is 6. The van der Waals surface area contributed by atoms with Crippen LogP contribution >= 0.6 is 0 Å². The number of rotatable bonds is 85. The summed E-state index contributed by atoms with van der Waals surface area (Å²) in [6, 6.07) is -0.974. The molecule has 702 valence electrons. The molecule has 3 rings (SSSR count). The summed E-state index contributed by atoms with van der Waals surface area (Å²) in [6.07, 6.45) is 77.7. The van der Waals surface area contributed by atoms with Gasteiger partial charge in [-0.05, 0) is 51.4 Å². The van der Waals surface area contributed by atoms with E-state index in [1.54, 1.807) is 6.08 Å². The third kappa shape index (κ3) is 56.7. The second-order valence-corrected chi connectivity index (χ2v) is 36.3. The van der Waals surface area contributed by atoms with E-state index >= 15 is 0 Å². The number of carbonyl (C=O) groups is 1. The number of nitrogens with one attached hydrogen (secondary N) is 1. The summed E-state index contributed by atoms with van der Waals surface area (Å²) in [5, 5.41) is 121. The topological polar surface area (TPSA) is 307 Å². The van der Waals surface area contributed by atoms with E-state index in [1.807, 2.05) is 6.08 Å². The molecule has 17 atom stereocenters. The number of hydrogen-bond acceptors (Lipinski definition) is 18. The first kappa shape index (κ1) is 111. The first-order valence-corrected chi connectivity index (χ1v) is 50.7. The predicted molar refractivity (Wildman–Crippen MR) is 485 cm³/mol. The van der Waals surface area contributed by atoms with Gasteiger partial charge in [0.1, 0.15) is 73.2 Å². The third-order valence-corrected chi connectivity index (χ3v) is 25.4. The van der Waals surface area contributed by atoms with E-state index in [0.717, 1.165) is 51.4 Å². The summed E-state index contributed by atoms with van der Waals surface area (Å²) in [5.41, 5.74) is 0. The van der Waals surface area contributed by atoms with E-state index in [0.29, 0.717) is 6.42 Å². The summed E-state index contributed by atoms with van der Waals surface area (Å²) in [6.45, 7) is 1.81. The van der Waals surface area contributed by atoms with E-state index in [-0.39, 0.29) is 18.9 Å². The molecule has 17 unspecified atom stereocenters. The zero-order valence-electron chi connectivity index (χ0n) is 76.4. The molecule has 1 amide bonds. The first-order valence-electron chi connectivity index (χ1n) is 50.7. The summed E-state index contributed by atoms with van der Waals surface area (Å²) in [4.78, 5) is 13.6. The summed E-state index contributed by atoms with van der Waals surface area (Å²) in [7, 11) is 0. The van der Waals surface area contributed by atoms with Gasteiger partial charge in [0, 0.05) is 6.42 Å². The van der Waals surface area contributed by atoms with E-state index in [4.69, 9.17) is 28.4 Å². The van der Waals surface area contributed by atoms with Gasteiger partial charge in [-0.2, -0.15) is 0 Å². The molecule has 3 heterocycles. The molecule has 0 spiro atoms. The Morgan fingerprint density at radius 2 is 0.555 bits per heavy atom. The molecule has 3 aliphatic heterocycles. The molecule has 3 aliphatic rings. The van der Waals surface area contributed by atoms with Gasteiger partial charge in [0.05, 0.1) is 38.6 Å². The van der Waals surface area contributed by atoms with Crippen LogP contribution < -0.4 is 5.32 Å². The highest BCUT2D eigenvalue weighted by Gasteiger charge is 2.54. The molecule has 0 aliphatic carbocycles. The van der Waals surface area contributed by atoms with Crippen LogP contribution in [0.3, 0.4) is 0 Å². The second kappa shape index (κ2) is 79.4. The smallest absolute Gasteiger partial charge is 0.220 e. The number of hydrogen-bond donors (Lipinski definition) is 12. The van der Waals surface area contributed by atoms with Gasteiger partial charge < -0.3 is 89.9 Å². The lowest BCUT2D eigenvalue weighted by atomic mass is 9.96. The molecular formula is C100H189NO18. The number of unbranched alkanes of at least 4 members (excludes halogenated alkanes) is 65. The highest BCUT2D eigenvalue weighted by molar-refractivity contribution is 5.76. The number of carbonyl (C=O) groups excluding carboxylic acids is 1. The Hall–Kier alpha value is -1.99. The molecule has 0 aromatic carbocycles. The Morgan fingerprint density at radius 3 is 0.857 bits per heavy atom. The number of amides is 1. The van der Waals surface area contributed by atoms with Crippen molar-refractivity contribution in [3.63, 3.8) is 0 Å². The minimum Gasteiger partial charge on any atom is -0.394 e. The van der Waals surface area contributed by atoms with Crippen molar-refractivity contribution >= 4 is 5.91 Å². The van der Waals surface area contributed by atoms with Crippen LogP contribution in [-0.4, -0.2) is 193 Å². The van der Waals surface area contributed by atoms with Gasteiger partial charge >= 0.3 is 0 Å². The molecule has 0 aromatic rings. The largest absolute Gasteiger partial charge is 0.394 e. The fourth-order valence-corrected chi connectivity index (χ4v) is 17.4. The Morgan fingerprint density at radius 1 is 0.303 bits per heavy atom. The van der Waals surface area contributed by atoms with Gasteiger partial charge in [0.25, 0.3) is 0 Å². The van der Waals surface area contributed by atoms with Crippen molar-refractivity contribution in [1.82, 2.24) is 5.32 Å². The fraction of sp³-hybridized carbons (Fsp3) is 0.930. The molecule has 3 saturated heterocycles. The van der Waals surface area contributed by atoms with Crippen molar-refractivity contribution in [1.29, 1.82) is 0 Å². The fourth-order valence-electron chi connectivity index (χ4n) is 17.4. The highest BCUT2D eigenvalue weighted by Crippen LogP contribution is 2.34. The molecule has 12 N–H and O–H groups in total. The average Bonchev–Trinajstić information content (AvgIpc) is 0.778. The number of aliphatic hydroxyl groups excluding tert-OH is 11. The van der Waals surface area contributed by atoms with Crippen molar-refractivity contribution in [3.8, 4) is 0 Å². The van der Waals surface area contributed by atoms with E-state index < -0.39 is 124 Å². The summed E-state index contributed by atoms with van der Waals surface area (Å²) < 4.78 is 34.6. The lowest BCUT2D eigenvalue weighted by Gasteiger charge is -2.48. The maximum atomic E-state index is 13.6. The van der Waals surface area contributed by atoms with Crippen LogP contribution in [0.2, 0.25) is 0 Å². The van der Waals surface area contributed by atoms with Gasteiger partial charge in [-0.1, -0.05) is 442 Å². The van der Waals surface area contributed by atoms with Gasteiger partial charge in [0.15, 0.2) is 18.9 Å². The van der Waals surface area contributed by atoms with Crippen LogP contribution in [0.25, 0.3) is 0 Å². The number of allylic oxidation sites excluding steroid dienone is 5. The molecule has 19 nitrogen and oxygen atoms in total. The molecule has 19 heteroatoms. The number of aliphatic hydroxyl groups is 11. The zero-order chi connectivity index (χ0) is 85.9. The normalized spacial score (nSPS) is 24.3. The Kier molecular flexibility index (Phi) is 74.2. The average molecular weight is 1690 g/mol. The van der Waals surface area contributed by atoms with Crippen molar-refractivity contribution in [3.05, 3.63) is 36.5 Å². The van der Waals surface area contributed by atoms with Gasteiger partial charge in [-0.25, -0.2) is 0 Å². The van der Waals surface area contributed by atoms with Crippen LogP contribution in [-0.2, 0) is 33.2 Å². The zero-order valence-corrected chi connectivity index (χ0v) is 76.4. The maximum absolute atomic E-state index is 13.6. The predicted octanol–water partition coefficient (Wildman–Crippen LogP) is 21.3. The van der Waals surface area contributed by atoms with Crippen LogP contribution in [0.1, 0.15) is 463 Å². The van der Waals surface area contributed by atoms with Gasteiger partial charge in [-0.3, -0.25) is 4.79 Å². The molecule has 3 fully saturated rings. The standard InChI is InChI=1S/C100H189NO18/c1-3-5-7-9-11-13-15-17-19-21-23-25-27-29-31-33-35-37-38-39-40-41-42-43-44-46-48-50-52-54-56-58-60-62-64-66-68-70-72-74-76-78-88(106)101-83(84(105)77-75-73-71-69-67-65-63-61-59-57-55-53-51-49-47-45-36-34-32-30-28-26-24-22-20-18-16-14-12-10-8-6-4-2)82-114-98-94(112)91(109)96(86(80-103)116-98)119-100-95(113)92(110)97(87(81-104)117-100)118-99-93(111)90(108)89(107)85(79-102)115-99/h15,17,21,23,75,77,83-87,89-100,102-105,107-113H,3-14,16,18-20,22,24-74,76,78-82H2,1-2H3,(H,101,106)/b17-15-,23-21-,77-75+. The van der Waals surface area contributed by atoms with Gasteiger partial charge in [0.2, 0.25) is 5.91 Å². The SMILES string of the molecule is CCCCCCC/C=C\C/C=C\CCCCCCCCCCCCCCCCCCCCCCCCCCCCCCCC(=O)NC(COC1OC(CO)C(OC2OC(CO)C(OC3OC(CO)C(O)C(O)C3O)C(O)C2O)C(O)C1O)C(O)/C=C/CCCCCCCCCCCCCCCCCCCCCCCCCCCCCCCCC. The van der Waals surface area contributed by atoms with Crippen LogP contribution in [0.4, 0.5) is 0 Å². The lowest BCUT2D eigenvalue weighted by Crippen LogP contribution is -2.66. The van der Waals surface area contributed by atoms with Crippen molar-refractivity contribution in [2.75, 3.05) is 26.4 Å². The molecule has 0 bridgehead atoms. The second-order valence-electron chi connectivity index (χ2n) is 36.3. The monoisotopic (exact) mass is 1690 g/mol. The molecule has 0 saturated carbocycles. The minimum atomic E-state index is -1.98. The van der Waals surface area contributed by atoms with Crippen LogP contribution in [0.5, 0.6) is 0 Å². The third-order valence-electron chi connectivity index (χ3n) is 25.4. The highest BCUT2D eigenvalue weighted by atomic mass is 16.8. The summed E-state index contributed by atoms with van der Waals surface area (Å²) >= 11 is 0. The Bertz CT molecular complexity index is 2280. The van der Waals surface area contributed by atoms with Crippen molar-refractivity contribution in [2.45, 2.75) is 568 Å². The van der Waals surface area contributed by atoms with E-state index in [9.17, 15) is 61.0 Å². The van der Waals surface area contributed by atoms with E-state index in [1.165, 1.54) is 385 Å². The Labute approximate surface area is 727 Å². The minimum absolute atomic E-state index is 0.249. The van der Waals surface area contributed by atoms with Crippen molar-refractivity contribution in [2.24, 2.45) is 0 Å².